The van der Waals surface area contributed by atoms with E-state index in [-0.39, 0.29) is 0 Å². The number of phenolic OH excluding ortho intramolecular Hbond substituents is 1. The highest BCUT2D eigenvalue weighted by Crippen LogP contribution is 2.18. The third kappa shape index (κ3) is 10.9. The van der Waals surface area contributed by atoms with E-state index < -0.39 is 0 Å². The summed E-state index contributed by atoms with van der Waals surface area (Å²) in [6.07, 6.45) is 10.3. The Labute approximate surface area is 160 Å². The van der Waals surface area contributed by atoms with Crippen LogP contribution in [0, 0.1) is 0 Å². The molecule has 0 saturated heterocycles. The third-order valence-corrected chi connectivity index (χ3v) is 4.38. The standard InChI is InChI=1S/C15H24O.C9H13N/c1-2-3-4-5-6-7-8-11-14-12-9-10-13-15(14)16;1-10(2)8-9-6-4-3-5-7-9/h9-10,12-13,16H,2-8,11H2,1H3;3-7H,8H2,1-2H3. The molecule has 0 radical (unpaired) electrons. The van der Waals surface area contributed by atoms with Crippen molar-refractivity contribution >= 4 is 0 Å². The zero-order valence-electron chi connectivity index (χ0n) is 17.0. The van der Waals surface area contributed by atoms with Crippen molar-refractivity contribution < 1.29 is 5.11 Å². The number of unbranched alkanes of at least 4 members (excludes halogenated alkanes) is 6. The minimum atomic E-state index is 0.452. The van der Waals surface area contributed by atoms with E-state index >= 15 is 0 Å². The number of rotatable bonds is 10. The van der Waals surface area contributed by atoms with Gasteiger partial charge < -0.3 is 10.0 Å². The largest absolute Gasteiger partial charge is 0.508 e. The summed E-state index contributed by atoms with van der Waals surface area (Å²) < 4.78 is 0. The average molecular weight is 356 g/mol. The fourth-order valence-electron chi connectivity index (χ4n) is 2.94. The van der Waals surface area contributed by atoms with Crippen molar-refractivity contribution in [2.75, 3.05) is 14.1 Å². The van der Waals surface area contributed by atoms with Crippen LogP contribution in [0.25, 0.3) is 0 Å². The quantitative estimate of drug-likeness (QED) is 0.496. The molecule has 0 unspecified atom stereocenters. The number of aromatic hydroxyl groups is 1. The maximum Gasteiger partial charge on any atom is 0.118 e. The number of benzene rings is 2. The summed E-state index contributed by atoms with van der Waals surface area (Å²) in [5, 5.41) is 9.58. The van der Waals surface area contributed by atoms with Gasteiger partial charge in [0, 0.05) is 6.54 Å². The second-order valence-electron chi connectivity index (χ2n) is 7.22. The molecule has 0 spiro atoms. The van der Waals surface area contributed by atoms with E-state index in [9.17, 15) is 5.11 Å². The van der Waals surface area contributed by atoms with Crippen molar-refractivity contribution in [3.05, 3.63) is 65.7 Å². The molecule has 2 nitrogen and oxygen atoms in total. The van der Waals surface area contributed by atoms with Gasteiger partial charge in [-0.25, -0.2) is 0 Å². The van der Waals surface area contributed by atoms with E-state index in [0.29, 0.717) is 5.75 Å². The molecule has 0 bridgehead atoms. The molecule has 26 heavy (non-hydrogen) atoms. The lowest BCUT2D eigenvalue weighted by Crippen LogP contribution is -2.10. The average Bonchev–Trinajstić information content (AvgIpc) is 2.63. The van der Waals surface area contributed by atoms with Crippen LogP contribution in [0.2, 0.25) is 0 Å². The Bertz CT molecular complexity index is 565. The number of nitrogens with zero attached hydrogens (tertiary/aromatic N) is 1. The minimum absolute atomic E-state index is 0.452. The van der Waals surface area contributed by atoms with Crippen molar-refractivity contribution in [2.45, 2.75) is 64.8 Å². The predicted octanol–water partition coefficient (Wildman–Crippen LogP) is 6.43. The Morgan fingerprint density at radius 1 is 0.731 bits per heavy atom. The molecule has 0 amide bonds. The summed E-state index contributed by atoms with van der Waals surface area (Å²) in [6, 6.07) is 18.1. The third-order valence-electron chi connectivity index (χ3n) is 4.38. The highest BCUT2D eigenvalue weighted by atomic mass is 16.3. The van der Waals surface area contributed by atoms with E-state index in [2.05, 4.69) is 50.2 Å². The van der Waals surface area contributed by atoms with Crippen LogP contribution in [-0.4, -0.2) is 24.1 Å². The maximum absolute atomic E-state index is 9.58. The number of aryl methyl sites for hydroxylation is 1. The van der Waals surface area contributed by atoms with Gasteiger partial charge in [-0.2, -0.15) is 0 Å². The van der Waals surface area contributed by atoms with Crippen molar-refractivity contribution in [1.82, 2.24) is 4.90 Å². The fraction of sp³-hybridized carbons (Fsp3) is 0.500. The summed E-state index contributed by atoms with van der Waals surface area (Å²) in [4.78, 5) is 2.16. The Morgan fingerprint density at radius 2 is 1.31 bits per heavy atom. The molecule has 0 atom stereocenters. The Kier molecular flexibility index (Phi) is 12.3. The molecular weight excluding hydrogens is 318 g/mol. The molecule has 0 aliphatic heterocycles. The van der Waals surface area contributed by atoms with Crippen LogP contribution in [-0.2, 0) is 13.0 Å². The first-order chi connectivity index (χ1) is 12.6. The van der Waals surface area contributed by atoms with E-state index in [1.54, 1.807) is 6.07 Å². The second kappa shape index (κ2) is 14.4. The van der Waals surface area contributed by atoms with E-state index in [4.69, 9.17) is 0 Å². The Balaban J connectivity index is 0.000000289. The normalized spacial score (nSPS) is 10.5. The summed E-state index contributed by atoms with van der Waals surface area (Å²) in [6.45, 7) is 3.28. The molecular formula is C24H37NO. The minimum Gasteiger partial charge on any atom is -0.508 e. The topological polar surface area (TPSA) is 23.5 Å². The lowest BCUT2D eigenvalue weighted by Gasteiger charge is -2.08. The number of hydrogen-bond acceptors (Lipinski definition) is 2. The first kappa shape index (κ1) is 22.2. The SMILES string of the molecule is CCCCCCCCCc1ccccc1O.CN(C)Cc1ccccc1. The first-order valence-electron chi connectivity index (χ1n) is 10.1. The van der Waals surface area contributed by atoms with Gasteiger partial charge in [0.1, 0.15) is 5.75 Å². The highest BCUT2D eigenvalue weighted by molar-refractivity contribution is 5.31. The molecule has 0 heterocycles. The second-order valence-corrected chi connectivity index (χ2v) is 7.22. The van der Waals surface area contributed by atoms with Crippen molar-refractivity contribution in [3.8, 4) is 5.75 Å². The smallest absolute Gasteiger partial charge is 0.118 e. The van der Waals surface area contributed by atoms with Gasteiger partial charge in [0.15, 0.2) is 0 Å². The van der Waals surface area contributed by atoms with Crippen LogP contribution in [0.1, 0.15) is 63.0 Å². The van der Waals surface area contributed by atoms with Crippen molar-refractivity contribution in [1.29, 1.82) is 0 Å². The highest BCUT2D eigenvalue weighted by Gasteiger charge is 1.98. The van der Waals surface area contributed by atoms with E-state index in [1.165, 1.54) is 50.5 Å². The number of hydrogen-bond donors (Lipinski definition) is 1. The van der Waals surface area contributed by atoms with Crippen LogP contribution in [0.3, 0.4) is 0 Å². The van der Waals surface area contributed by atoms with Gasteiger partial charge in [0.25, 0.3) is 0 Å². The summed E-state index contributed by atoms with van der Waals surface area (Å²) in [5.74, 6) is 0.452. The van der Waals surface area contributed by atoms with Gasteiger partial charge in [0.2, 0.25) is 0 Å². The van der Waals surface area contributed by atoms with Gasteiger partial charge in [-0.15, -0.1) is 0 Å². The molecule has 0 aromatic heterocycles. The fourth-order valence-corrected chi connectivity index (χ4v) is 2.94. The first-order valence-corrected chi connectivity index (χ1v) is 10.1. The van der Waals surface area contributed by atoms with Crippen LogP contribution in [0.15, 0.2) is 54.6 Å². The van der Waals surface area contributed by atoms with Crippen LogP contribution in [0.4, 0.5) is 0 Å². The number of para-hydroxylation sites is 1. The van der Waals surface area contributed by atoms with Crippen LogP contribution >= 0.6 is 0 Å². The van der Waals surface area contributed by atoms with E-state index in [1.807, 2.05) is 24.3 Å². The molecule has 2 heteroatoms. The molecule has 2 aromatic carbocycles. The predicted molar refractivity (Wildman–Crippen MR) is 114 cm³/mol. The van der Waals surface area contributed by atoms with Gasteiger partial charge >= 0.3 is 0 Å². The molecule has 2 aromatic rings. The maximum atomic E-state index is 9.58. The molecule has 2 rings (SSSR count). The van der Waals surface area contributed by atoms with Crippen LogP contribution in [0.5, 0.6) is 5.75 Å². The Hall–Kier alpha value is -1.80. The molecule has 0 saturated carbocycles. The monoisotopic (exact) mass is 355 g/mol. The lowest BCUT2D eigenvalue weighted by molar-refractivity contribution is 0.402. The summed E-state index contributed by atoms with van der Waals surface area (Å²) >= 11 is 0. The van der Waals surface area contributed by atoms with Gasteiger partial charge in [-0.3, -0.25) is 0 Å². The molecule has 144 valence electrons. The van der Waals surface area contributed by atoms with Crippen LogP contribution < -0.4 is 0 Å². The van der Waals surface area contributed by atoms with Crippen molar-refractivity contribution in [3.63, 3.8) is 0 Å². The Morgan fingerprint density at radius 3 is 1.92 bits per heavy atom. The number of phenols is 1. The summed E-state index contributed by atoms with van der Waals surface area (Å²) in [7, 11) is 4.15. The van der Waals surface area contributed by atoms with Crippen molar-refractivity contribution in [2.24, 2.45) is 0 Å². The lowest BCUT2D eigenvalue weighted by atomic mass is 10.0. The van der Waals surface area contributed by atoms with Gasteiger partial charge in [-0.1, -0.05) is 94.0 Å². The van der Waals surface area contributed by atoms with Gasteiger partial charge in [-0.05, 0) is 44.1 Å². The zero-order valence-corrected chi connectivity index (χ0v) is 17.0. The molecule has 0 fully saturated rings. The summed E-state index contributed by atoms with van der Waals surface area (Å²) in [5.41, 5.74) is 2.46. The van der Waals surface area contributed by atoms with Gasteiger partial charge in [0.05, 0.1) is 0 Å². The zero-order chi connectivity index (χ0) is 19.0. The molecule has 0 aliphatic rings. The molecule has 0 aliphatic carbocycles. The molecule has 1 N–H and O–H groups in total. The van der Waals surface area contributed by atoms with E-state index in [0.717, 1.165) is 18.5 Å².